The number of aliphatic carboxylic acids is 1. The van der Waals surface area contributed by atoms with Gasteiger partial charge in [-0.3, -0.25) is 9.69 Å². The molecule has 110 valence electrons. The monoisotopic (exact) mass is 275 g/mol. The van der Waals surface area contributed by atoms with E-state index in [1.807, 2.05) is 0 Å². The Hall–Kier alpha value is -1.35. The van der Waals surface area contributed by atoms with Gasteiger partial charge < -0.3 is 5.11 Å². The van der Waals surface area contributed by atoms with Crippen molar-refractivity contribution in [2.24, 2.45) is 0 Å². The van der Waals surface area contributed by atoms with E-state index < -0.39 is 5.97 Å². The Balaban J connectivity index is 2.04. The first-order chi connectivity index (χ1) is 9.56. The Bertz CT molecular complexity index is 433. The molecule has 20 heavy (non-hydrogen) atoms. The van der Waals surface area contributed by atoms with Gasteiger partial charge in [-0.1, -0.05) is 38.1 Å². The second-order valence-corrected chi connectivity index (χ2v) is 6.10. The maximum atomic E-state index is 11.1. The molecule has 0 bridgehead atoms. The second-order valence-electron chi connectivity index (χ2n) is 6.10. The van der Waals surface area contributed by atoms with Crippen LogP contribution < -0.4 is 0 Å². The van der Waals surface area contributed by atoms with Gasteiger partial charge in [0, 0.05) is 6.04 Å². The Kier molecular flexibility index (Phi) is 5.18. The fraction of sp³-hybridized carbons (Fsp3) is 0.588. The molecule has 1 atom stereocenters. The maximum absolute atomic E-state index is 11.1. The summed E-state index contributed by atoms with van der Waals surface area (Å²) in [6.45, 7) is 6.46. The maximum Gasteiger partial charge on any atom is 0.304 e. The number of rotatable bonds is 6. The van der Waals surface area contributed by atoms with Gasteiger partial charge in [0.2, 0.25) is 0 Å². The van der Waals surface area contributed by atoms with Crippen molar-refractivity contribution in [3.63, 3.8) is 0 Å². The van der Waals surface area contributed by atoms with Crippen LogP contribution in [-0.4, -0.2) is 35.1 Å². The Morgan fingerprint density at radius 1 is 1.20 bits per heavy atom. The van der Waals surface area contributed by atoms with E-state index in [0.717, 1.165) is 19.5 Å². The molecule has 1 N–H and O–H groups in total. The molecule has 1 heterocycles. The van der Waals surface area contributed by atoms with Gasteiger partial charge >= 0.3 is 5.97 Å². The van der Waals surface area contributed by atoms with Gasteiger partial charge in [-0.2, -0.15) is 0 Å². The zero-order valence-electron chi connectivity index (χ0n) is 12.5. The van der Waals surface area contributed by atoms with Crippen LogP contribution in [0.15, 0.2) is 24.3 Å². The average molecular weight is 275 g/mol. The average Bonchev–Trinajstić information content (AvgIpc) is 2.92. The van der Waals surface area contributed by atoms with E-state index >= 15 is 0 Å². The van der Waals surface area contributed by atoms with Crippen LogP contribution in [0.5, 0.6) is 0 Å². The van der Waals surface area contributed by atoms with Crippen LogP contribution in [0.25, 0.3) is 0 Å². The Morgan fingerprint density at radius 3 is 2.30 bits per heavy atom. The summed E-state index contributed by atoms with van der Waals surface area (Å²) >= 11 is 0. The predicted octanol–water partition coefficient (Wildman–Crippen LogP) is 3.29. The summed E-state index contributed by atoms with van der Waals surface area (Å²) in [6.07, 6.45) is 3.47. The number of carboxylic acid groups (broad SMARTS) is 1. The molecule has 2 rings (SSSR count). The first kappa shape index (κ1) is 15.0. The van der Waals surface area contributed by atoms with Crippen molar-refractivity contribution in [3.05, 3.63) is 35.4 Å². The molecule has 3 heteroatoms. The first-order valence-electron chi connectivity index (χ1n) is 7.61. The molecule has 0 amide bonds. The van der Waals surface area contributed by atoms with Gasteiger partial charge in [0.15, 0.2) is 0 Å². The molecule has 1 aliphatic rings. The molecule has 3 nitrogen and oxygen atoms in total. The number of hydrogen-bond donors (Lipinski definition) is 1. The van der Waals surface area contributed by atoms with Crippen LogP contribution in [0.1, 0.15) is 50.2 Å². The summed E-state index contributed by atoms with van der Waals surface area (Å²) in [6, 6.07) is 8.78. The highest BCUT2D eigenvalue weighted by atomic mass is 16.4. The normalized spacial score (nSPS) is 17.6. The molecule has 0 spiro atoms. The fourth-order valence-corrected chi connectivity index (χ4v) is 2.95. The lowest BCUT2D eigenvalue weighted by Gasteiger charge is -2.26. The lowest BCUT2D eigenvalue weighted by Crippen LogP contribution is -2.36. The van der Waals surface area contributed by atoms with Gasteiger partial charge in [-0.25, -0.2) is 0 Å². The largest absolute Gasteiger partial charge is 0.481 e. The molecule has 1 fully saturated rings. The minimum atomic E-state index is -0.694. The number of nitrogens with zero attached hydrogens (tertiary/aromatic N) is 1. The highest BCUT2D eigenvalue weighted by Gasteiger charge is 2.24. The molecule has 1 aromatic carbocycles. The van der Waals surface area contributed by atoms with E-state index in [-0.39, 0.29) is 12.5 Å². The van der Waals surface area contributed by atoms with Crippen LogP contribution in [-0.2, 0) is 11.2 Å². The van der Waals surface area contributed by atoms with E-state index in [9.17, 15) is 4.79 Å². The molecule has 0 saturated carbocycles. The first-order valence-corrected chi connectivity index (χ1v) is 7.61. The minimum absolute atomic E-state index is 0.139. The molecule has 1 unspecified atom stereocenters. The number of carboxylic acids is 1. The number of benzene rings is 1. The van der Waals surface area contributed by atoms with E-state index in [1.165, 1.54) is 24.0 Å². The van der Waals surface area contributed by atoms with Gasteiger partial charge in [0.05, 0.1) is 6.42 Å². The molecule has 1 aromatic rings. The Labute approximate surface area is 121 Å². The Morgan fingerprint density at radius 2 is 1.80 bits per heavy atom. The summed E-state index contributed by atoms with van der Waals surface area (Å²) < 4.78 is 0. The third kappa shape index (κ3) is 4.07. The highest BCUT2D eigenvalue weighted by molar-refractivity contribution is 5.67. The summed E-state index contributed by atoms with van der Waals surface area (Å²) in [5.74, 6) is -0.154. The number of hydrogen-bond acceptors (Lipinski definition) is 2. The van der Waals surface area contributed by atoms with Crippen molar-refractivity contribution in [1.29, 1.82) is 0 Å². The molecule has 1 saturated heterocycles. The van der Waals surface area contributed by atoms with Gasteiger partial charge in [0.1, 0.15) is 0 Å². The molecule has 0 radical (unpaired) electrons. The third-order valence-electron chi connectivity index (χ3n) is 4.19. The van der Waals surface area contributed by atoms with Crippen molar-refractivity contribution >= 4 is 5.97 Å². The standard InChI is InChI=1S/C17H25NO2/c1-13(2)15-7-5-14(6-8-15)11-16(12-17(19)20)18-9-3-4-10-18/h5-8,13,16H,3-4,9-12H2,1-2H3,(H,19,20). The lowest BCUT2D eigenvalue weighted by molar-refractivity contribution is -0.138. The minimum Gasteiger partial charge on any atom is -0.481 e. The zero-order chi connectivity index (χ0) is 14.5. The molecule has 0 aromatic heterocycles. The van der Waals surface area contributed by atoms with E-state index in [4.69, 9.17) is 5.11 Å². The summed E-state index contributed by atoms with van der Waals surface area (Å²) in [5, 5.41) is 9.11. The van der Waals surface area contributed by atoms with Crippen molar-refractivity contribution in [1.82, 2.24) is 4.90 Å². The van der Waals surface area contributed by atoms with E-state index in [0.29, 0.717) is 5.92 Å². The lowest BCUT2D eigenvalue weighted by atomic mass is 9.97. The van der Waals surface area contributed by atoms with Crippen LogP contribution in [0.4, 0.5) is 0 Å². The fourth-order valence-electron chi connectivity index (χ4n) is 2.95. The van der Waals surface area contributed by atoms with Crippen LogP contribution in [0, 0.1) is 0 Å². The molecule has 1 aliphatic heterocycles. The summed E-state index contributed by atoms with van der Waals surface area (Å²) in [4.78, 5) is 13.4. The summed E-state index contributed by atoms with van der Waals surface area (Å²) in [7, 11) is 0. The number of likely N-dealkylation sites (tertiary alicyclic amines) is 1. The van der Waals surface area contributed by atoms with Gasteiger partial charge in [-0.05, 0) is 49.4 Å². The van der Waals surface area contributed by atoms with Crippen molar-refractivity contribution in [2.45, 2.75) is 51.5 Å². The highest BCUT2D eigenvalue weighted by Crippen LogP contribution is 2.20. The third-order valence-corrected chi connectivity index (χ3v) is 4.19. The second kappa shape index (κ2) is 6.89. The smallest absolute Gasteiger partial charge is 0.304 e. The summed E-state index contributed by atoms with van der Waals surface area (Å²) in [5.41, 5.74) is 2.58. The zero-order valence-corrected chi connectivity index (χ0v) is 12.5. The van der Waals surface area contributed by atoms with Gasteiger partial charge in [0.25, 0.3) is 0 Å². The van der Waals surface area contributed by atoms with E-state index in [2.05, 4.69) is 43.0 Å². The molecule has 0 aliphatic carbocycles. The number of carbonyl (C=O) groups is 1. The van der Waals surface area contributed by atoms with Crippen molar-refractivity contribution in [2.75, 3.05) is 13.1 Å². The van der Waals surface area contributed by atoms with Crippen molar-refractivity contribution in [3.8, 4) is 0 Å². The molecular weight excluding hydrogens is 250 g/mol. The molecular formula is C17H25NO2. The van der Waals surface area contributed by atoms with Crippen LogP contribution in [0.3, 0.4) is 0 Å². The van der Waals surface area contributed by atoms with Gasteiger partial charge in [-0.15, -0.1) is 0 Å². The van der Waals surface area contributed by atoms with E-state index in [1.54, 1.807) is 0 Å². The van der Waals surface area contributed by atoms with Crippen molar-refractivity contribution < 1.29 is 9.90 Å². The SMILES string of the molecule is CC(C)c1ccc(CC(CC(=O)O)N2CCCC2)cc1. The predicted molar refractivity (Wildman–Crippen MR) is 81.1 cm³/mol. The topological polar surface area (TPSA) is 40.5 Å². The van der Waals surface area contributed by atoms with Crippen LogP contribution in [0.2, 0.25) is 0 Å². The quantitative estimate of drug-likeness (QED) is 0.866. The van der Waals surface area contributed by atoms with Crippen LogP contribution >= 0.6 is 0 Å².